The number of carbonyl (C=O) groups is 1. The molecule has 0 unspecified atom stereocenters. The van der Waals surface area contributed by atoms with E-state index < -0.39 is 0 Å². The zero-order valence-corrected chi connectivity index (χ0v) is 12.2. The molecule has 0 fully saturated rings. The summed E-state index contributed by atoms with van der Waals surface area (Å²) >= 11 is 5.95. The van der Waals surface area contributed by atoms with Gasteiger partial charge in [-0.25, -0.2) is 0 Å². The molecule has 1 aromatic carbocycles. The summed E-state index contributed by atoms with van der Waals surface area (Å²) in [5, 5.41) is 0.425. The van der Waals surface area contributed by atoms with Gasteiger partial charge in [-0.1, -0.05) is 25.4 Å². The van der Waals surface area contributed by atoms with Crippen molar-refractivity contribution in [3.05, 3.63) is 28.8 Å². The number of anilines is 1. The average Bonchev–Trinajstić information content (AvgIpc) is 2.28. The van der Waals surface area contributed by atoms with Gasteiger partial charge >= 0.3 is 0 Å². The summed E-state index contributed by atoms with van der Waals surface area (Å²) in [7, 11) is 0. The van der Waals surface area contributed by atoms with Crippen LogP contribution in [-0.4, -0.2) is 23.4 Å². The van der Waals surface area contributed by atoms with Crippen molar-refractivity contribution in [2.24, 2.45) is 5.92 Å². The first-order valence-electron chi connectivity index (χ1n) is 6.19. The maximum atomic E-state index is 12.4. The Bertz CT molecular complexity index is 430. The standard InChI is InChI=1S/C14H21ClN2O/c1-9(2)8-17(10(3)4)14(18)11-5-6-13(16)12(15)7-11/h5-7,9-10H,8,16H2,1-4H3. The molecular weight excluding hydrogens is 248 g/mol. The highest BCUT2D eigenvalue weighted by molar-refractivity contribution is 6.33. The Balaban J connectivity index is 2.98. The third-order valence-corrected chi connectivity index (χ3v) is 3.02. The molecule has 0 atom stereocenters. The second-order valence-electron chi connectivity index (χ2n) is 5.18. The van der Waals surface area contributed by atoms with Crippen molar-refractivity contribution in [3.8, 4) is 0 Å². The van der Waals surface area contributed by atoms with Gasteiger partial charge in [0, 0.05) is 18.2 Å². The summed E-state index contributed by atoms with van der Waals surface area (Å²) in [6.45, 7) is 8.95. The predicted octanol–water partition coefficient (Wildman–Crippen LogP) is 3.43. The molecule has 0 aliphatic rings. The molecule has 2 N–H and O–H groups in total. The summed E-state index contributed by atoms with van der Waals surface area (Å²) in [6, 6.07) is 5.19. The van der Waals surface area contributed by atoms with E-state index in [4.69, 9.17) is 17.3 Å². The molecule has 1 rings (SSSR count). The Morgan fingerprint density at radius 3 is 2.39 bits per heavy atom. The van der Waals surface area contributed by atoms with Gasteiger partial charge in [-0.3, -0.25) is 4.79 Å². The van der Waals surface area contributed by atoms with Gasteiger partial charge < -0.3 is 10.6 Å². The van der Waals surface area contributed by atoms with E-state index in [1.807, 2.05) is 18.7 Å². The van der Waals surface area contributed by atoms with Crippen LogP contribution in [0.5, 0.6) is 0 Å². The SMILES string of the molecule is CC(C)CN(C(=O)c1ccc(N)c(Cl)c1)C(C)C. The minimum absolute atomic E-state index is 0.000556. The van der Waals surface area contributed by atoms with Gasteiger partial charge in [0.1, 0.15) is 0 Å². The predicted molar refractivity (Wildman–Crippen MR) is 76.9 cm³/mol. The van der Waals surface area contributed by atoms with E-state index in [-0.39, 0.29) is 11.9 Å². The molecule has 0 aliphatic carbocycles. The fourth-order valence-electron chi connectivity index (χ4n) is 1.75. The molecule has 0 heterocycles. The highest BCUT2D eigenvalue weighted by Gasteiger charge is 2.20. The minimum Gasteiger partial charge on any atom is -0.398 e. The minimum atomic E-state index is 0.000556. The average molecular weight is 269 g/mol. The van der Waals surface area contributed by atoms with Crippen LogP contribution in [0.2, 0.25) is 5.02 Å². The van der Waals surface area contributed by atoms with Crippen molar-refractivity contribution < 1.29 is 4.79 Å². The summed E-state index contributed by atoms with van der Waals surface area (Å²) < 4.78 is 0. The number of hydrogen-bond donors (Lipinski definition) is 1. The molecule has 0 saturated heterocycles. The van der Waals surface area contributed by atoms with Gasteiger partial charge in [0.2, 0.25) is 0 Å². The van der Waals surface area contributed by atoms with E-state index in [1.54, 1.807) is 18.2 Å². The molecule has 100 valence electrons. The van der Waals surface area contributed by atoms with Crippen molar-refractivity contribution in [1.29, 1.82) is 0 Å². The lowest BCUT2D eigenvalue weighted by Crippen LogP contribution is -2.39. The monoisotopic (exact) mass is 268 g/mol. The van der Waals surface area contributed by atoms with Gasteiger partial charge in [0.25, 0.3) is 5.91 Å². The number of rotatable bonds is 4. The molecule has 0 radical (unpaired) electrons. The summed E-state index contributed by atoms with van der Waals surface area (Å²) in [5.41, 5.74) is 6.73. The first-order chi connectivity index (χ1) is 8.32. The summed E-state index contributed by atoms with van der Waals surface area (Å²) in [4.78, 5) is 14.3. The first-order valence-corrected chi connectivity index (χ1v) is 6.56. The van der Waals surface area contributed by atoms with Crippen molar-refractivity contribution >= 4 is 23.2 Å². The maximum absolute atomic E-state index is 12.4. The molecular formula is C14H21ClN2O. The summed E-state index contributed by atoms with van der Waals surface area (Å²) in [5.74, 6) is 0.432. The molecule has 0 aliphatic heterocycles. The van der Waals surface area contributed by atoms with Crippen LogP contribution in [0, 0.1) is 5.92 Å². The van der Waals surface area contributed by atoms with Crippen LogP contribution in [0.25, 0.3) is 0 Å². The zero-order valence-electron chi connectivity index (χ0n) is 11.4. The van der Waals surface area contributed by atoms with Gasteiger partial charge in [0.05, 0.1) is 10.7 Å². The van der Waals surface area contributed by atoms with E-state index in [9.17, 15) is 4.79 Å². The lowest BCUT2D eigenvalue weighted by atomic mass is 10.1. The Hall–Kier alpha value is -1.22. The second kappa shape index (κ2) is 6.10. The van der Waals surface area contributed by atoms with E-state index in [0.29, 0.717) is 22.2 Å². The number of nitrogens with zero attached hydrogens (tertiary/aromatic N) is 1. The highest BCUT2D eigenvalue weighted by Crippen LogP contribution is 2.21. The zero-order chi connectivity index (χ0) is 13.9. The number of nitrogen functional groups attached to an aromatic ring is 1. The molecule has 18 heavy (non-hydrogen) atoms. The Morgan fingerprint density at radius 1 is 1.33 bits per heavy atom. The van der Waals surface area contributed by atoms with Crippen molar-refractivity contribution in [1.82, 2.24) is 4.90 Å². The first kappa shape index (κ1) is 14.8. The van der Waals surface area contributed by atoms with Crippen molar-refractivity contribution in [3.63, 3.8) is 0 Å². The lowest BCUT2D eigenvalue weighted by molar-refractivity contribution is 0.0682. The molecule has 3 nitrogen and oxygen atoms in total. The number of hydrogen-bond acceptors (Lipinski definition) is 2. The molecule has 4 heteroatoms. The van der Waals surface area contributed by atoms with Crippen molar-refractivity contribution in [2.45, 2.75) is 33.7 Å². The number of benzene rings is 1. The van der Waals surface area contributed by atoms with Gasteiger partial charge in [-0.2, -0.15) is 0 Å². The number of amides is 1. The third kappa shape index (κ3) is 3.64. The van der Waals surface area contributed by atoms with E-state index >= 15 is 0 Å². The van der Waals surface area contributed by atoms with Crippen LogP contribution in [0.1, 0.15) is 38.1 Å². The Labute approximate surface area is 114 Å². The van der Waals surface area contributed by atoms with Gasteiger partial charge in [0.15, 0.2) is 0 Å². The fourth-order valence-corrected chi connectivity index (χ4v) is 1.93. The second-order valence-corrected chi connectivity index (χ2v) is 5.59. The van der Waals surface area contributed by atoms with Crippen LogP contribution >= 0.6 is 11.6 Å². The molecule has 1 aromatic rings. The lowest BCUT2D eigenvalue weighted by Gasteiger charge is -2.28. The highest BCUT2D eigenvalue weighted by atomic mass is 35.5. The molecule has 0 spiro atoms. The normalized spacial score (nSPS) is 11.1. The van der Waals surface area contributed by atoms with Crippen LogP contribution in [0.3, 0.4) is 0 Å². The maximum Gasteiger partial charge on any atom is 0.254 e. The quantitative estimate of drug-likeness (QED) is 0.851. The van der Waals surface area contributed by atoms with E-state index in [2.05, 4.69) is 13.8 Å². The van der Waals surface area contributed by atoms with E-state index in [0.717, 1.165) is 6.54 Å². The number of nitrogens with two attached hydrogens (primary N) is 1. The Kier molecular flexibility index (Phi) is 5.03. The summed E-state index contributed by atoms with van der Waals surface area (Å²) in [6.07, 6.45) is 0. The van der Waals surface area contributed by atoms with Crippen molar-refractivity contribution in [2.75, 3.05) is 12.3 Å². The van der Waals surface area contributed by atoms with Crippen LogP contribution < -0.4 is 5.73 Å². The molecule has 0 saturated carbocycles. The fraction of sp³-hybridized carbons (Fsp3) is 0.500. The molecule has 1 amide bonds. The largest absolute Gasteiger partial charge is 0.398 e. The van der Waals surface area contributed by atoms with Gasteiger partial charge in [-0.05, 0) is 38.0 Å². The van der Waals surface area contributed by atoms with Gasteiger partial charge in [-0.15, -0.1) is 0 Å². The number of carbonyl (C=O) groups excluding carboxylic acids is 1. The van der Waals surface area contributed by atoms with Crippen LogP contribution in [-0.2, 0) is 0 Å². The third-order valence-electron chi connectivity index (χ3n) is 2.69. The van der Waals surface area contributed by atoms with E-state index in [1.165, 1.54) is 0 Å². The molecule has 0 aromatic heterocycles. The van der Waals surface area contributed by atoms with Crippen LogP contribution in [0.15, 0.2) is 18.2 Å². The smallest absolute Gasteiger partial charge is 0.254 e. The van der Waals surface area contributed by atoms with Crippen LogP contribution in [0.4, 0.5) is 5.69 Å². The Morgan fingerprint density at radius 2 is 1.94 bits per heavy atom. The number of halogens is 1. The molecule has 0 bridgehead atoms. The topological polar surface area (TPSA) is 46.3 Å².